The van der Waals surface area contributed by atoms with E-state index in [1.54, 1.807) is 19.1 Å². The molecule has 1 aliphatic rings. The van der Waals surface area contributed by atoms with E-state index in [1.807, 2.05) is 6.07 Å². The molecule has 17 heavy (non-hydrogen) atoms. The Morgan fingerprint density at radius 2 is 2.00 bits per heavy atom. The van der Waals surface area contributed by atoms with E-state index in [0.29, 0.717) is 16.4 Å². The summed E-state index contributed by atoms with van der Waals surface area (Å²) in [4.78, 5) is 0. The molecule has 1 aliphatic carbocycles. The van der Waals surface area contributed by atoms with Gasteiger partial charge in [-0.2, -0.15) is 5.26 Å². The summed E-state index contributed by atoms with van der Waals surface area (Å²) in [5.74, 6) is 0.600. The third-order valence-corrected chi connectivity index (χ3v) is 3.00. The number of nitriles is 1. The minimum atomic E-state index is 0.285. The molecule has 0 unspecified atom stereocenters. The first-order chi connectivity index (χ1) is 8.13. The summed E-state index contributed by atoms with van der Waals surface area (Å²) in [6.07, 6.45) is 9.59. The van der Waals surface area contributed by atoms with Crippen molar-refractivity contribution in [1.29, 1.82) is 5.26 Å². The van der Waals surface area contributed by atoms with E-state index < -0.39 is 0 Å². The van der Waals surface area contributed by atoms with Crippen molar-refractivity contribution < 1.29 is 4.74 Å². The molecule has 0 aromatic carbocycles. The Hall–Kier alpha value is -1.20. The molecule has 0 atom stereocenters. The van der Waals surface area contributed by atoms with Crippen molar-refractivity contribution in [1.82, 2.24) is 0 Å². The fourth-order valence-electron chi connectivity index (χ4n) is 1.84. The molecule has 0 radical (unpaired) electrons. The van der Waals surface area contributed by atoms with Crippen molar-refractivity contribution >= 4 is 11.6 Å². The highest BCUT2D eigenvalue weighted by Crippen LogP contribution is 2.22. The quantitative estimate of drug-likeness (QED) is 0.420. The summed E-state index contributed by atoms with van der Waals surface area (Å²) >= 11 is 5.75. The molecule has 1 rings (SSSR count). The van der Waals surface area contributed by atoms with Crippen LogP contribution in [0.15, 0.2) is 35.1 Å². The van der Waals surface area contributed by atoms with E-state index in [9.17, 15) is 0 Å². The number of allylic oxidation sites excluding steroid dienone is 4. The van der Waals surface area contributed by atoms with Gasteiger partial charge in [-0.05, 0) is 44.8 Å². The maximum absolute atomic E-state index is 8.82. The van der Waals surface area contributed by atoms with E-state index in [1.165, 1.54) is 19.3 Å². The van der Waals surface area contributed by atoms with Crippen LogP contribution in [0.4, 0.5) is 0 Å². The molecule has 2 nitrogen and oxygen atoms in total. The van der Waals surface area contributed by atoms with Gasteiger partial charge in [0.1, 0.15) is 11.8 Å². The van der Waals surface area contributed by atoms with Crippen LogP contribution < -0.4 is 0 Å². The SMILES string of the molecule is C=C(/C=C\C(C#N)=C(/C)Cl)OC1CCCCC1. The molecule has 0 spiro atoms. The van der Waals surface area contributed by atoms with Crippen LogP contribution in [0.5, 0.6) is 0 Å². The smallest absolute Gasteiger partial charge is 0.112 e. The molecule has 0 saturated heterocycles. The molecule has 1 fully saturated rings. The van der Waals surface area contributed by atoms with Gasteiger partial charge in [0.05, 0.1) is 11.7 Å². The molecule has 0 aliphatic heterocycles. The lowest BCUT2D eigenvalue weighted by atomic mass is 9.98. The first-order valence-corrected chi connectivity index (χ1v) is 6.31. The number of rotatable bonds is 4. The van der Waals surface area contributed by atoms with Crippen molar-refractivity contribution in [2.24, 2.45) is 0 Å². The van der Waals surface area contributed by atoms with E-state index in [4.69, 9.17) is 21.6 Å². The van der Waals surface area contributed by atoms with E-state index >= 15 is 0 Å². The second kappa shape index (κ2) is 7.19. The average molecular weight is 252 g/mol. The van der Waals surface area contributed by atoms with Gasteiger partial charge in [0.2, 0.25) is 0 Å². The van der Waals surface area contributed by atoms with Crippen LogP contribution in [-0.2, 0) is 4.74 Å². The number of halogens is 1. The normalized spacial score (nSPS) is 18.6. The zero-order valence-electron chi connectivity index (χ0n) is 10.2. The lowest BCUT2D eigenvalue weighted by Gasteiger charge is -2.22. The zero-order chi connectivity index (χ0) is 12.7. The molecular formula is C14H18ClNO. The summed E-state index contributed by atoms with van der Waals surface area (Å²) < 4.78 is 5.71. The van der Waals surface area contributed by atoms with Crippen molar-refractivity contribution in [3.8, 4) is 6.07 Å². The van der Waals surface area contributed by atoms with Crippen molar-refractivity contribution in [3.63, 3.8) is 0 Å². The summed E-state index contributed by atoms with van der Waals surface area (Å²) in [7, 11) is 0. The lowest BCUT2D eigenvalue weighted by molar-refractivity contribution is 0.0909. The number of nitrogens with zero attached hydrogens (tertiary/aromatic N) is 1. The Morgan fingerprint density at radius 1 is 1.35 bits per heavy atom. The van der Waals surface area contributed by atoms with Gasteiger partial charge in [-0.3, -0.25) is 0 Å². The van der Waals surface area contributed by atoms with Crippen LogP contribution in [0.25, 0.3) is 0 Å². The van der Waals surface area contributed by atoms with E-state index in [0.717, 1.165) is 12.8 Å². The monoisotopic (exact) mass is 251 g/mol. The van der Waals surface area contributed by atoms with Crippen molar-refractivity contribution in [2.75, 3.05) is 0 Å². The van der Waals surface area contributed by atoms with E-state index in [-0.39, 0.29) is 6.10 Å². The van der Waals surface area contributed by atoms with Crippen LogP contribution in [0.2, 0.25) is 0 Å². The lowest BCUT2D eigenvalue weighted by Crippen LogP contribution is -2.15. The van der Waals surface area contributed by atoms with Crippen LogP contribution in [0.3, 0.4) is 0 Å². The third-order valence-electron chi connectivity index (χ3n) is 2.80. The van der Waals surface area contributed by atoms with Gasteiger partial charge in [0, 0.05) is 5.03 Å². The minimum absolute atomic E-state index is 0.285. The maximum atomic E-state index is 8.82. The van der Waals surface area contributed by atoms with Crippen LogP contribution in [0.1, 0.15) is 39.0 Å². The first-order valence-electron chi connectivity index (χ1n) is 5.93. The number of hydrogen-bond donors (Lipinski definition) is 0. The van der Waals surface area contributed by atoms with Crippen LogP contribution in [-0.4, -0.2) is 6.10 Å². The number of ether oxygens (including phenoxy) is 1. The molecule has 0 aromatic rings. The predicted octanol–water partition coefficient (Wildman–Crippen LogP) is 4.44. The summed E-state index contributed by atoms with van der Waals surface area (Å²) in [6, 6.07) is 2.02. The fourth-order valence-corrected chi connectivity index (χ4v) is 1.95. The van der Waals surface area contributed by atoms with Crippen molar-refractivity contribution in [2.45, 2.75) is 45.1 Å². The highest BCUT2D eigenvalue weighted by molar-refractivity contribution is 6.30. The Labute approximate surface area is 108 Å². The highest BCUT2D eigenvalue weighted by Gasteiger charge is 2.14. The Balaban J connectivity index is 2.46. The van der Waals surface area contributed by atoms with Gasteiger partial charge in [0.15, 0.2) is 0 Å². The fraction of sp³-hybridized carbons (Fsp3) is 0.500. The minimum Gasteiger partial charge on any atom is -0.491 e. The average Bonchev–Trinajstić information content (AvgIpc) is 2.30. The van der Waals surface area contributed by atoms with Gasteiger partial charge < -0.3 is 4.74 Å². The summed E-state index contributed by atoms with van der Waals surface area (Å²) in [5, 5.41) is 9.30. The van der Waals surface area contributed by atoms with Gasteiger partial charge in [0.25, 0.3) is 0 Å². The Kier molecular flexibility index (Phi) is 5.86. The maximum Gasteiger partial charge on any atom is 0.112 e. The highest BCUT2D eigenvalue weighted by atomic mass is 35.5. The standard InChI is InChI=1S/C14H18ClNO/c1-11(8-9-13(10-16)12(2)15)17-14-6-4-3-5-7-14/h8-9,14H,1,3-7H2,2H3/b9-8-,13-12-. The molecule has 1 saturated carbocycles. The molecule has 0 amide bonds. The van der Waals surface area contributed by atoms with E-state index in [2.05, 4.69) is 6.58 Å². The van der Waals surface area contributed by atoms with Crippen molar-refractivity contribution in [3.05, 3.63) is 35.1 Å². The van der Waals surface area contributed by atoms with Gasteiger partial charge in [-0.25, -0.2) is 0 Å². The molecule has 0 heterocycles. The molecular weight excluding hydrogens is 234 g/mol. The van der Waals surface area contributed by atoms with Gasteiger partial charge >= 0.3 is 0 Å². The molecule has 0 N–H and O–H groups in total. The molecule has 3 heteroatoms. The Morgan fingerprint density at radius 3 is 2.53 bits per heavy atom. The molecule has 92 valence electrons. The topological polar surface area (TPSA) is 33.0 Å². The summed E-state index contributed by atoms with van der Waals surface area (Å²) in [5.41, 5.74) is 0.445. The predicted molar refractivity (Wildman–Crippen MR) is 70.4 cm³/mol. The summed E-state index contributed by atoms with van der Waals surface area (Å²) in [6.45, 7) is 5.52. The van der Waals surface area contributed by atoms with Gasteiger partial charge in [-0.1, -0.05) is 24.6 Å². The Bertz CT molecular complexity index is 366. The third kappa shape index (κ3) is 5.10. The zero-order valence-corrected chi connectivity index (χ0v) is 11.0. The van der Waals surface area contributed by atoms with Crippen LogP contribution >= 0.6 is 11.6 Å². The molecule has 0 bridgehead atoms. The second-order valence-electron chi connectivity index (χ2n) is 4.24. The van der Waals surface area contributed by atoms with Crippen LogP contribution in [0, 0.1) is 11.3 Å². The second-order valence-corrected chi connectivity index (χ2v) is 4.80. The number of hydrogen-bond acceptors (Lipinski definition) is 2. The first kappa shape index (κ1) is 13.9. The van der Waals surface area contributed by atoms with Gasteiger partial charge in [-0.15, -0.1) is 0 Å². The largest absolute Gasteiger partial charge is 0.491 e. The molecule has 0 aromatic heterocycles.